The van der Waals surface area contributed by atoms with E-state index in [0.717, 1.165) is 29.3 Å². The molecule has 0 aromatic heterocycles. The summed E-state index contributed by atoms with van der Waals surface area (Å²) < 4.78 is 0. The molecule has 1 heterocycles. The summed E-state index contributed by atoms with van der Waals surface area (Å²) in [6.07, 6.45) is 7.34. The molecule has 1 aromatic rings. The number of nitrogens with two attached hydrogens (primary N) is 1. The zero-order valence-electron chi connectivity index (χ0n) is 14.5. The van der Waals surface area contributed by atoms with Crippen molar-refractivity contribution in [2.45, 2.75) is 31.3 Å². The Morgan fingerprint density at radius 2 is 2.00 bits per heavy atom. The first-order chi connectivity index (χ1) is 11.5. The smallest absolute Gasteiger partial charge is 0.203 e. The highest BCUT2D eigenvalue weighted by molar-refractivity contribution is 5.95. The minimum absolute atomic E-state index is 0.445. The molecular formula is C19H27N5. The fraction of sp³-hybridized carbons (Fsp3) is 0.526. The molecule has 0 spiro atoms. The van der Waals surface area contributed by atoms with Crippen LogP contribution in [0.1, 0.15) is 25.7 Å². The molecule has 5 heteroatoms. The van der Waals surface area contributed by atoms with Crippen molar-refractivity contribution >= 4 is 11.6 Å². The molecule has 4 unspecified atom stereocenters. The van der Waals surface area contributed by atoms with Gasteiger partial charge in [-0.25, -0.2) is 4.99 Å². The van der Waals surface area contributed by atoms with Gasteiger partial charge in [-0.15, -0.1) is 0 Å². The lowest BCUT2D eigenvalue weighted by molar-refractivity contribution is 0.227. The van der Waals surface area contributed by atoms with Crippen molar-refractivity contribution in [1.29, 1.82) is 0 Å². The van der Waals surface area contributed by atoms with E-state index < -0.39 is 5.66 Å². The van der Waals surface area contributed by atoms with Crippen molar-refractivity contribution < 1.29 is 0 Å². The highest BCUT2D eigenvalue weighted by Crippen LogP contribution is 2.52. The second-order valence-electron chi connectivity index (χ2n) is 7.67. The quantitative estimate of drug-likeness (QED) is 0.799. The fourth-order valence-corrected chi connectivity index (χ4v) is 4.59. The Hall–Kier alpha value is -2.01. The summed E-state index contributed by atoms with van der Waals surface area (Å²) in [4.78, 5) is 6.98. The van der Waals surface area contributed by atoms with Gasteiger partial charge in [-0.3, -0.25) is 0 Å². The number of hydrogen-bond acceptors (Lipinski definition) is 5. The molecule has 5 nitrogen and oxygen atoms in total. The average Bonchev–Trinajstić information content (AvgIpc) is 3.19. The molecule has 2 aliphatic carbocycles. The third-order valence-corrected chi connectivity index (χ3v) is 5.77. The standard InChI is InChI=1S/C19H27N5/c1-24(2)17-12-19(20,16-11-13-8-9-14(16)10-13)23-18(22-17)21-15-6-4-3-5-7-15/h3-7,12-14,16H,8-11,20H2,1-2H3,(H2,21,22,23). The molecule has 0 saturated heterocycles. The lowest BCUT2D eigenvalue weighted by atomic mass is 9.79. The van der Waals surface area contributed by atoms with Gasteiger partial charge in [0.15, 0.2) is 0 Å². The van der Waals surface area contributed by atoms with Crippen LogP contribution in [0.15, 0.2) is 47.2 Å². The molecule has 4 N–H and O–H groups in total. The normalized spacial score (nSPS) is 34.4. The van der Waals surface area contributed by atoms with Crippen molar-refractivity contribution in [3.63, 3.8) is 0 Å². The minimum Gasteiger partial charge on any atom is -0.364 e. The molecule has 4 atom stereocenters. The second-order valence-corrected chi connectivity index (χ2v) is 7.67. The number of para-hydroxylation sites is 1. The van der Waals surface area contributed by atoms with Crippen LogP contribution in [-0.4, -0.2) is 30.6 Å². The van der Waals surface area contributed by atoms with E-state index in [4.69, 9.17) is 10.7 Å². The molecule has 0 amide bonds. The molecule has 2 saturated carbocycles. The van der Waals surface area contributed by atoms with Crippen molar-refractivity contribution in [3.05, 3.63) is 42.2 Å². The largest absolute Gasteiger partial charge is 0.364 e. The van der Waals surface area contributed by atoms with E-state index in [9.17, 15) is 0 Å². The lowest BCUT2D eigenvalue weighted by Crippen LogP contribution is -2.53. The van der Waals surface area contributed by atoms with Crippen molar-refractivity contribution in [2.75, 3.05) is 19.4 Å². The maximum atomic E-state index is 6.85. The highest BCUT2D eigenvalue weighted by Gasteiger charge is 2.49. The Bertz CT molecular complexity index is 666. The van der Waals surface area contributed by atoms with Crippen molar-refractivity contribution in [1.82, 2.24) is 10.2 Å². The first-order valence-corrected chi connectivity index (χ1v) is 8.91. The third kappa shape index (κ3) is 2.77. The summed E-state index contributed by atoms with van der Waals surface area (Å²) in [6.45, 7) is 0. The van der Waals surface area contributed by atoms with E-state index in [2.05, 4.69) is 21.6 Å². The van der Waals surface area contributed by atoms with Crippen LogP contribution >= 0.6 is 0 Å². The summed E-state index contributed by atoms with van der Waals surface area (Å²) >= 11 is 0. The van der Waals surface area contributed by atoms with Gasteiger partial charge in [0.1, 0.15) is 11.5 Å². The highest BCUT2D eigenvalue weighted by atomic mass is 15.3. The number of nitrogens with zero attached hydrogens (tertiary/aromatic N) is 2. The SMILES string of the molecule is CN(C)C1=CC(N)(C2CC3CCC2C3)N=C(Nc2ccccc2)N1. The van der Waals surface area contributed by atoms with Crippen LogP contribution in [0.2, 0.25) is 0 Å². The zero-order valence-corrected chi connectivity index (χ0v) is 14.5. The summed E-state index contributed by atoms with van der Waals surface area (Å²) in [5, 5.41) is 6.75. The van der Waals surface area contributed by atoms with Crippen LogP contribution in [0.3, 0.4) is 0 Å². The van der Waals surface area contributed by atoms with Gasteiger partial charge in [0.05, 0.1) is 0 Å². The first kappa shape index (κ1) is 15.5. The number of benzene rings is 1. The summed E-state index contributed by atoms with van der Waals surface area (Å²) in [5.41, 5.74) is 7.24. The number of guanidine groups is 1. The molecule has 24 heavy (non-hydrogen) atoms. The number of aliphatic imine (C=N–C) groups is 1. The van der Waals surface area contributed by atoms with Crippen LogP contribution in [0.4, 0.5) is 5.69 Å². The predicted octanol–water partition coefficient (Wildman–Crippen LogP) is 2.55. The lowest BCUT2D eigenvalue weighted by Gasteiger charge is -2.39. The number of rotatable bonds is 3. The van der Waals surface area contributed by atoms with Gasteiger partial charge < -0.3 is 21.3 Å². The van der Waals surface area contributed by atoms with Crippen LogP contribution in [-0.2, 0) is 0 Å². The molecule has 128 valence electrons. The summed E-state index contributed by atoms with van der Waals surface area (Å²) in [6, 6.07) is 10.1. The first-order valence-electron chi connectivity index (χ1n) is 8.91. The maximum Gasteiger partial charge on any atom is 0.203 e. The van der Waals surface area contributed by atoms with E-state index >= 15 is 0 Å². The maximum absolute atomic E-state index is 6.85. The number of fused-ring (bicyclic) bond motifs is 2. The van der Waals surface area contributed by atoms with Crippen molar-refractivity contribution in [2.24, 2.45) is 28.5 Å². The number of hydrogen-bond donors (Lipinski definition) is 3. The Labute approximate surface area is 144 Å². The van der Waals surface area contributed by atoms with E-state index in [-0.39, 0.29) is 0 Å². The van der Waals surface area contributed by atoms with E-state index in [1.807, 2.05) is 44.4 Å². The summed E-state index contributed by atoms with van der Waals surface area (Å²) in [5.74, 6) is 3.76. The number of anilines is 1. The molecule has 0 radical (unpaired) electrons. The monoisotopic (exact) mass is 325 g/mol. The Morgan fingerprint density at radius 3 is 2.62 bits per heavy atom. The van der Waals surface area contributed by atoms with Crippen LogP contribution < -0.4 is 16.4 Å². The van der Waals surface area contributed by atoms with Gasteiger partial charge in [-0.05, 0) is 49.3 Å². The Kier molecular flexibility index (Phi) is 3.76. The average molecular weight is 325 g/mol. The Morgan fingerprint density at radius 1 is 1.21 bits per heavy atom. The van der Waals surface area contributed by atoms with Gasteiger partial charge in [-0.1, -0.05) is 24.6 Å². The molecule has 3 aliphatic rings. The van der Waals surface area contributed by atoms with Gasteiger partial charge in [0, 0.05) is 25.7 Å². The van der Waals surface area contributed by atoms with Gasteiger partial charge in [0.2, 0.25) is 5.96 Å². The third-order valence-electron chi connectivity index (χ3n) is 5.77. The van der Waals surface area contributed by atoms with Crippen LogP contribution in [0, 0.1) is 17.8 Å². The molecule has 1 aliphatic heterocycles. The summed E-state index contributed by atoms with van der Waals surface area (Å²) in [7, 11) is 4.07. The zero-order chi connectivity index (χ0) is 16.7. The second kappa shape index (κ2) is 5.81. The van der Waals surface area contributed by atoms with Crippen LogP contribution in [0.5, 0.6) is 0 Å². The van der Waals surface area contributed by atoms with Gasteiger partial charge in [-0.2, -0.15) is 0 Å². The predicted molar refractivity (Wildman–Crippen MR) is 98.3 cm³/mol. The number of nitrogens with one attached hydrogen (secondary N) is 2. The van der Waals surface area contributed by atoms with Crippen LogP contribution in [0.25, 0.3) is 0 Å². The van der Waals surface area contributed by atoms with Gasteiger partial charge in [0.25, 0.3) is 0 Å². The topological polar surface area (TPSA) is 65.7 Å². The van der Waals surface area contributed by atoms with E-state index in [1.54, 1.807) is 0 Å². The minimum atomic E-state index is -0.623. The molecule has 1 aromatic carbocycles. The molecule has 4 rings (SSSR count). The molecule has 2 fully saturated rings. The van der Waals surface area contributed by atoms with Crippen molar-refractivity contribution in [3.8, 4) is 0 Å². The Balaban J connectivity index is 1.63. The van der Waals surface area contributed by atoms with Gasteiger partial charge >= 0.3 is 0 Å². The molecular weight excluding hydrogens is 298 g/mol. The molecule has 2 bridgehead atoms. The fourth-order valence-electron chi connectivity index (χ4n) is 4.59. The van der Waals surface area contributed by atoms with E-state index in [0.29, 0.717) is 5.92 Å². The van der Waals surface area contributed by atoms with E-state index in [1.165, 1.54) is 25.7 Å².